The molecule has 2 N–H and O–H groups in total. The van der Waals surface area contributed by atoms with E-state index >= 15 is 0 Å². The number of nitrogens with zero attached hydrogens (tertiary/aromatic N) is 1. The van der Waals surface area contributed by atoms with Crippen molar-refractivity contribution in [3.05, 3.63) is 29.8 Å². The Morgan fingerprint density at radius 3 is 2.95 bits per heavy atom. The minimum Gasteiger partial charge on any atom is -0.316 e. The SMILES string of the molecule is O=S1(=O)Nc2ccccc2CN1CC1CCCNC1. The molecule has 0 bridgehead atoms. The second-order valence-electron chi connectivity index (χ2n) is 5.27. The van der Waals surface area contributed by atoms with Crippen LogP contribution in [-0.4, -0.2) is 32.4 Å². The predicted octanol–water partition coefficient (Wildman–Crippen LogP) is 1.16. The third kappa shape index (κ3) is 2.75. The quantitative estimate of drug-likeness (QED) is 0.855. The van der Waals surface area contributed by atoms with Gasteiger partial charge in [0.15, 0.2) is 0 Å². The molecule has 0 spiro atoms. The normalized spacial score (nSPS) is 26.4. The van der Waals surface area contributed by atoms with E-state index in [1.807, 2.05) is 24.3 Å². The van der Waals surface area contributed by atoms with Crippen LogP contribution in [0.15, 0.2) is 24.3 Å². The molecule has 19 heavy (non-hydrogen) atoms. The first-order valence-corrected chi connectivity index (χ1v) is 8.16. The molecular formula is C13H19N3O2S. The van der Waals surface area contributed by atoms with Gasteiger partial charge in [-0.1, -0.05) is 18.2 Å². The van der Waals surface area contributed by atoms with Gasteiger partial charge in [0.05, 0.1) is 5.69 Å². The van der Waals surface area contributed by atoms with Crippen LogP contribution >= 0.6 is 0 Å². The van der Waals surface area contributed by atoms with Gasteiger partial charge in [0.1, 0.15) is 0 Å². The van der Waals surface area contributed by atoms with Gasteiger partial charge in [-0.05, 0) is 43.5 Å². The lowest BCUT2D eigenvalue weighted by Crippen LogP contribution is -2.44. The minimum absolute atomic E-state index is 0.413. The smallest absolute Gasteiger partial charge is 0.301 e. The van der Waals surface area contributed by atoms with Crippen molar-refractivity contribution in [3.63, 3.8) is 0 Å². The molecule has 5 nitrogen and oxygen atoms in total. The van der Waals surface area contributed by atoms with Crippen molar-refractivity contribution in [2.75, 3.05) is 24.4 Å². The average Bonchev–Trinajstić information content (AvgIpc) is 2.40. The Hall–Kier alpha value is -1.11. The molecule has 3 rings (SSSR count). The fraction of sp³-hybridized carbons (Fsp3) is 0.538. The molecular weight excluding hydrogens is 262 g/mol. The molecule has 0 aromatic heterocycles. The van der Waals surface area contributed by atoms with Crippen LogP contribution in [0.2, 0.25) is 0 Å². The minimum atomic E-state index is -3.38. The number of fused-ring (bicyclic) bond motifs is 1. The maximum Gasteiger partial charge on any atom is 0.301 e. The lowest BCUT2D eigenvalue weighted by Gasteiger charge is -2.33. The number of piperidine rings is 1. The first kappa shape index (κ1) is 12.9. The highest BCUT2D eigenvalue weighted by Gasteiger charge is 2.30. The summed E-state index contributed by atoms with van der Waals surface area (Å²) < 4.78 is 28.6. The van der Waals surface area contributed by atoms with E-state index < -0.39 is 10.2 Å². The summed E-state index contributed by atoms with van der Waals surface area (Å²) in [5.74, 6) is 0.413. The molecule has 1 atom stereocenters. The van der Waals surface area contributed by atoms with Gasteiger partial charge in [-0.3, -0.25) is 4.72 Å². The van der Waals surface area contributed by atoms with Gasteiger partial charge in [0.2, 0.25) is 0 Å². The number of anilines is 1. The average molecular weight is 281 g/mol. The molecule has 0 aliphatic carbocycles. The first-order chi connectivity index (χ1) is 9.15. The van der Waals surface area contributed by atoms with Gasteiger partial charge in [0.25, 0.3) is 0 Å². The molecule has 2 heterocycles. The second-order valence-corrected chi connectivity index (χ2v) is 6.94. The fourth-order valence-corrected chi connectivity index (χ4v) is 4.09. The molecule has 2 aliphatic heterocycles. The van der Waals surface area contributed by atoms with Crippen LogP contribution in [0.4, 0.5) is 5.69 Å². The van der Waals surface area contributed by atoms with Crippen molar-refractivity contribution in [1.82, 2.24) is 9.62 Å². The van der Waals surface area contributed by atoms with E-state index in [1.165, 1.54) is 0 Å². The molecule has 1 aromatic rings. The predicted molar refractivity (Wildman–Crippen MR) is 75.0 cm³/mol. The highest BCUT2D eigenvalue weighted by molar-refractivity contribution is 7.90. The second kappa shape index (κ2) is 5.11. The van der Waals surface area contributed by atoms with Crippen molar-refractivity contribution in [2.24, 2.45) is 5.92 Å². The van der Waals surface area contributed by atoms with E-state index in [4.69, 9.17) is 0 Å². The molecule has 1 fully saturated rings. The van der Waals surface area contributed by atoms with Crippen molar-refractivity contribution in [3.8, 4) is 0 Å². The van der Waals surface area contributed by atoms with Gasteiger partial charge < -0.3 is 5.32 Å². The number of rotatable bonds is 2. The highest BCUT2D eigenvalue weighted by Crippen LogP contribution is 2.27. The van der Waals surface area contributed by atoms with Gasteiger partial charge in [-0.25, -0.2) is 0 Å². The summed E-state index contributed by atoms with van der Waals surface area (Å²) in [5, 5.41) is 3.33. The van der Waals surface area contributed by atoms with E-state index in [-0.39, 0.29) is 0 Å². The summed E-state index contributed by atoms with van der Waals surface area (Å²) in [6, 6.07) is 7.58. The molecule has 1 unspecified atom stereocenters. The summed E-state index contributed by atoms with van der Waals surface area (Å²) >= 11 is 0. The van der Waals surface area contributed by atoms with E-state index in [0.29, 0.717) is 24.7 Å². The van der Waals surface area contributed by atoms with Crippen molar-refractivity contribution < 1.29 is 8.42 Å². The summed E-state index contributed by atoms with van der Waals surface area (Å²) in [4.78, 5) is 0. The van der Waals surface area contributed by atoms with Crippen LogP contribution < -0.4 is 10.0 Å². The third-order valence-corrected chi connectivity index (χ3v) is 5.24. The van der Waals surface area contributed by atoms with Crippen LogP contribution in [-0.2, 0) is 16.8 Å². The summed E-state index contributed by atoms with van der Waals surface area (Å²) in [7, 11) is -3.38. The molecule has 6 heteroatoms. The monoisotopic (exact) mass is 281 g/mol. The Bertz CT molecular complexity index is 553. The Morgan fingerprint density at radius 1 is 1.32 bits per heavy atom. The summed E-state index contributed by atoms with van der Waals surface area (Å²) in [5.41, 5.74) is 1.75. The van der Waals surface area contributed by atoms with Crippen molar-refractivity contribution in [2.45, 2.75) is 19.4 Å². The van der Waals surface area contributed by atoms with E-state index in [2.05, 4.69) is 10.0 Å². The summed E-state index contributed by atoms with van der Waals surface area (Å²) in [6.45, 7) is 3.02. The Morgan fingerprint density at radius 2 is 2.16 bits per heavy atom. The number of hydrogen-bond donors (Lipinski definition) is 2. The fourth-order valence-electron chi connectivity index (χ4n) is 2.77. The Balaban J connectivity index is 1.78. The van der Waals surface area contributed by atoms with Crippen LogP contribution in [0.25, 0.3) is 0 Å². The molecule has 0 saturated carbocycles. The van der Waals surface area contributed by atoms with E-state index in [0.717, 1.165) is 31.5 Å². The van der Waals surface area contributed by atoms with Crippen LogP contribution in [0.3, 0.4) is 0 Å². The largest absolute Gasteiger partial charge is 0.316 e. The zero-order valence-electron chi connectivity index (χ0n) is 10.8. The van der Waals surface area contributed by atoms with Gasteiger partial charge in [0, 0.05) is 13.1 Å². The number of hydrogen-bond acceptors (Lipinski definition) is 3. The number of para-hydroxylation sites is 1. The zero-order valence-corrected chi connectivity index (χ0v) is 11.6. The molecule has 1 saturated heterocycles. The van der Waals surface area contributed by atoms with Crippen molar-refractivity contribution in [1.29, 1.82) is 0 Å². The van der Waals surface area contributed by atoms with E-state index in [9.17, 15) is 8.42 Å². The molecule has 0 amide bonds. The van der Waals surface area contributed by atoms with Gasteiger partial charge in [-0.2, -0.15) is 12.7 Å². The first-order valence-electron chi connectivity index (χ1n) is 6.72. The Labute approximate surface area is 114 Å². The van der Waals surface area contributed by atoms with Gasteiger partial charge in [-0.15, -0.1) is 0 Å². The highest BCUT2D eigenvalue weighted by atomic mass is 32.2. The lowest BCUT2D eigenvalue weighted by molar-refractivity contribution is 0.287. The Kier molecular flexibility index (Phi) is 3.47. The van der Waals surface area contributed by atoms with Crippen LogP contribution in [0, 0.1) is 5.92 Å². The molecule has 2 aliphatic rings. The van der Waals surface area contributed by atoms with Gasteiger partial charge >= 0.3 is 10.2 Å². The number of nitrogens with one attached hydrogen (secondary N) is 2. The third-order valence-electron chi connectivity index (χ3n) is 3.80. The molecule has 104 valence electrons. The van der Waals surface area contributed by atoms with Crippen LogP contribution in [0.1, 0.15) is 18.4 Å². The zero-order chi connectivity index (χ0) is 13.3. The standard InChI is InChI=1S/C13H19N3O2S/c17-19(18)15-13-6-2-1-5-12(13)10-16(19)9-11-4-3-7-14-8-11/h1-2,5-6,11,14-15H,3-4,7-10H2. The molecule has 0 radical (unpaired) electrons. The van der Waals surface area contributed by atoms with E-state index in [1.54, 1.807) is 4.31 Å². The van der Waals surface area contributed by atoms with Crippen molar-refractivity contribution >= 4 is 15.9 Å². The topological polar surface area (TPSA) is 61.4 Å². The lowest BCUT2D eigenvalue weighted by atomic mass is 9.99. The maximum absolute atomic E-state index is 12.2. The molecule has 1 aromatic carbocycles. The maximum atomic E-state index is 12.2. The van der Waals surface area contributed by atoms with Crippen LogP contribution in [0.5, 0.6) is 0 Å². The summed E-state index contributed by atoms with van der Waals surface area (Å²) in [6.07, 6.45) is 2.23. The number of benzene rings is 1.